The Morgan fingerprint density at radius 1 is 1.46 bits per heavy atom. The van der Waals surface area contributed by atoms with Crippen molar-refractivity contribution in [2.24, 2.45) is 0 Å². The van der Waals surface area contributed by atoms with Crippen LogP contribution in [0.4, 0.5) is 10.5 Å². The summed E-state index contributed by atoms with van der Waals surface area (Å²) in [5.41, 5.74) is 4.09. The van der Waals surface area contributed by atoms with Gasteiger partial charge in [-0.25, -0.2) is 9.78 Å². The minimum absolute atomic E-state index is 0.0918. The van der Waals surface area contributed by atoms with Gasteiger partial charge in [0.1, 0.15) is 16.4 Å². The van der Waals surface area contributed by atoms with E-state index < -0.39 is 0 Å². The van der Waals surface area contributed by atoms with Crippen LogP contribution in [0.5, 0.6) is 0 Å². The Morgan fingerprint density at radius 3 is 3.12 bits per heavy atom. The minimum atomic E-state index is -0.181. The molecule has 0 fully saturated rings. The number of anilines is 1. The molecule has 1 aromatic carbocycles. The van der Waals surface area contributed by atoms with E-state index >= 15 is 0 Å². The van der Waals surface area contributed by atoms with Crippen molar-refractivity contribution in [1.29, 1.82) is 0 Å². The molecule has 0 saturated heterocycles. The predicted octanol–water partition coefficient (Wildman–Crippen LogP) is 3.27. The molecule has 3 aromatic rings. The van der Waals surface area contributed by atoms with Gasteiger partial charge in [-0.3, -0.25) is 5.10 Å². The number of aliphatic hydroxyl groups is 1. The lowest BCUT2D eigenvalue weighted by Gasteiger charge is -2.27. The number of amides is 2. The summed E-state index contributed by atoms with van der Waals surface area (Å²) >= 11 is 7.36. The van der Waals surface area contributed by atoms with Gasteiger partial charge in [-0.05, 0) is 18.2 Å². The van der Waals surface area contributed by atoms with Gasteiger partial charge in [-0.1, -0.05) is 17.7 Å². The quantitative estimate of drug-likeness (QED) is 0.640. The highest BCUT2D eigenvalue weighted by Crippen LogP contribution is 2.29. The van der Waals surface area contributed by atoms with E-state index in [0.29, 0.717) is 40.9 Å². The van der Waals surface area contributed by atoms with Crippen LogP contribution in [0.2, 0.25) is 5.02 Å². The number of H-pyrrole nitrogens is 1. The number of aromatic nitrogens is 3. The molecule has 0 saturated carbocycles. The van der Waals surface area contributed by atoms with Gasteiger partial charge >= 0.3 is 6.03 Å². The van der Waals surface area contributed by atoms with Crippen LogP contribution in [0.3, 0.4) is 0 Å². The number of carbonyl (C=O) groups is 1. The normalized spacial score (nSPS) is 13.5. The van der Waals surface area contributed by atoms with Crippen molar-refractivity contribution in [3.63, 3.8) is 0 Å². The molecule has 134 valence electrons. The van der Waals surface area contributed by atoms with Gasteiger partial charge in [-0.2, -0.15) is 5.10 Å². The van der Waals surface area contributed by atoms with Gasteiger partial charge in [-0.15, -0.1) is 11.3 Å². The summed E-state index contributed by atoms with van der Waals surface area (Å²) in [6, 6.07) is 6.88. The first-order chi connectivity index (χ1) is 12.6. The highest BCUT2D eigenvalue weighted by atomic mass is 35.5. The van der Waals surface area contributed by atoms with Crippen LogP contribution >= 0.6 is 22.9 Å². The molecule has 0 atom stereocenters. The van der Waals surface area contributed by atoms with Gasteiger partial charge in [0.2, 0.25) is 0 Å². The number of aromatic amines is 1. The molecule has 26 heavy (non-hydrogen) atoms. The van der Waals surface area contributed by atoms with E-state index in [1.54, 1.807) is 29.2 Å². The topological polar surface area (TPSA) is 94.1 Å². The number of rotatable bonds is 3. The molecule has 9 heteroatoms. The van der Waals surface area contributed by atoms with Crippen LogP contribution in [-0.4, -0.2) is 37.8 Å². The Labute approximate surface area is 158 Å². The molecule has 2 amide bonds. The van der Waals surface area contributed by atoms with Gasteiger partial charge < -0.3 is 15.3 Å². The minimum Gasteiger partial charge on any atom is -0.389 e. The van der Waals surface area contributed by atoms with Crippen molar-refractivity contribution in [3.8, 4) is 11.4 Å². The van der Waals surface area contributed by atoms with Crippen LogP contribution in [0, 0.1) is 0 Å². The number of carbonyl (C=O) groups excluding carboxylic acids is 1. The van der Waals surface area contributed by atoms with Crippen LogP contribution in [-0.2, 0) is 19.6 Å². The third-order valence-electron chi connectivity index (χ3n) is 4.23. The van der Waals surface area contributed by atoms with Crippen LogP contribution in [0.1, 0.15) is 16.3 Å². The van der Waals surface area contributed by atoms with Gasteiger partial charge in [0, 0.05) is 40.3 Å². The van der Waals surface area contributed by atoms with Crippen molar-refractivity contribution >= 4 is 34.7 Å². The highest BCUT2D eigenvalue weighted by Gasteiger charge is 2.26. The first-order valence-electron chi connectivity index (χ1n) is 8.07. The zero-order chi connectivity index (χ0) is 18.1. The number of nitrogens with zero attached hydrogens (tertiary/aromatic N) is 3. The van der Waals surface area contributed by atoms with Crippen molar-refractivity contribution < 1.29 is 9.90 Å². The van der Waals surface area contributed by atoms with Gasteiger partial charge in [0.25, 0.3) is 0 Å². The van der Waals surface area contributed by atoms with Crippen molar-refractivity contribution in [2.75, 3.05) is 11.9 Å². The Hall–Kier alpha value is -2.42. The molecule has 7 nitrogen and oxygen atoms in total. The molecule has 3 N–H and O–H groups in total. The number of urea groups is 1. The van der Waals surface area contributed by atoms with Crippen LogP contribution in [0.15, 0.2) is 29.6 Å². The number of aliphatic hydroxyl groups excluding tert-OH is 1. The molecule has 0 spiro atoms. The SMILES string of the molecule is O=C(Nc1cccc(Cl)c1)N1CCc2[nH]nc(-c3csc(CO)n3)c2C1. The molecule has 3 heterocycles. The first-order valence-corrected chi connectivity index (χ1v) is 9.33. The second kappa shape index (κ2) is 7.06. The summed E-state index contributed by atoms with van der Waals surface area (Å²) in [5.74, 6) is 0. The molecular formula is C17H16ClN5O2S. The summed E-state index contributed by atoms with van der Waals surface area (Å²) in [4.78, 5) is 18.7. The Balaban J connectivity index is 1.53. The molecule has 0 unspecified atom stereocenters. The fourth-order valence-corrected chi connectivity index (χ4v) is 3.77. The third kappa shape index (κ3) is 3.31. The molecule has 1 aliphatic rings. The zero-order valence-corrected chi connectivity index (χ0v) is 15.3. The fraction of sp³-hybridized carbons (Fsp3) is 0.235. The number of halogens is 1. The third-order valence-corrected chi connectivity index (χ3v) is 5.29. The smallest absolute Gasteiger partial charge is 0.322 e. The molecule has 0 bridgehead atoms. The maximum absolute atomic E-state index is 12.6. The lowest BCUT2D eigenvalue weighted by molar-refractivity contribution is 0.206. The number of benzene rings is 1. The molecule has 0 aliphatic carbocycles. The molecule has 1 aliphatic heterocycles. The first kappa shape index (κ1) is 17.0. The summed E-state index contributed by atoms with van der Waals surface area (Å²) in [7, 11) is 0. The summed E-state index contributed by atoms with van der Waals surface area (Å²) < 4.78 is 0. The molecule has 0 radical (unpaired) electrons. The van der Waals surface area contributed by atoms with Crippen molar-refractivity contribution in [1.82, 2.24) is 20.1 Å². The monoisotopic (exact) mass is 389 g/mol. The maximum Gasteiger partial charge on any atom is 0.322 e. The fourth-order valence-electron chi connectivity index (χ4n) is 2.94. The van der Waals surface area contributed by atoms with Crippen molar-refractivity contribution in [3.05, 3.63) is 50.9 Å². The van der Waals surface area contributed by atoms with Gasteiger partial charge in [0.15, 0.2) is 0 Å². The van der Waals surface area contributed by atoms with E-state index in [1.807, 2.05) is 5.38 Å². The lowest BCUT2D eigenvalue weighted by Crippen LogP contribution is -2.38. The van der Waals surface area contributed by atoms with E-state index in [9.17, 15) is 9.90 Å². The average molecular weight is 390 g/mol. The standard InChI is InChI=1S/C17H16ClN5O2S/c18-10-2-1-3-11(6-10)19-17(25)23-5-4-13-12(7-23)16(22-21-13)14-9-26-15(8-24)20-14/h1-3,6,9,24H,4-5,7-8H2,(H,19,25)(H,21,22). The second-order valence-corrected chi connectivity index (χ2v) is 7.31. The second-order valence-electron chi connectivity index (χ2n) is 5.93. The number of fused-ring (bicyclic) bond motifs is 1. The Bertz CT molecular complexity index is 954. The predicted molar refractivity (Wildman–Crippen MR) is 100 cm³/mol. The van der Waals surface area contributed by atoms with E-state index in [2.05, 4.69) is 20.5 Å². The summed E-state index contributed by atoms with van der Waals surface area (Å²) in [6.45, 7) is 0.949. The van der Waals surface area contributed by atoms with Crippen LogP contribution in [0.25, 0.3) is 11.4 Å². The molecular weight excluding hydrogens is 374 g/mol. The average Bonchev–Trinajstić information content (AvgIpc) is 3.27. The highest BCUT2D eigenvalue weighted by molar-refractivity contribution is 7.09. The van der Waals surface area contributed by atoms with Crippen molar-refractivity contribution in [2.45, 2.75) is 19.6 Å². The van der Waals surface area contributed by atoms with E-state index in [1.165, 1.54) is 11.3 Å². The van der Waals surface area contributed by atoms with E-state index in [0.717, 1.165) is 17.0 Å². The number of thiazole rings is 1. The number of hydrogen-bond donors (Lipinski definition) is 3. The number of nitrogens with one attached hydrogen (secondary N) is 2. The Morgan fingerprint density at radius 2 is 2.35 bits per heavy atom. The van der Waals surface area contributed by atoms with E-state index in [4.69, 9.17) is 11.6 Å². The maximum atomic E-state index is 12.6. The molecule has 4 rings (SSSR count). The Kier molecular flexibility index (Phi) is 4.62. The summed E-state index contributed by atoms with van der Waals surface area (Å²) in [5, 5.41) is 22.6. The summed E-state index contributed by atoms with van der Waals surface area (Å²) in [6.07, 6.45) is 0.697. The van der Waals surface area contributed by atoms with E-state index in [-0.39, 0.29) is 12.6 Å². The molecule has 2 aromatic heterocycles. The zero-order valence-electron chi connectivity index (χ0n) is 13.7. The van der Waals surface area contributed by atoms with Gasteiger partial charge in [0.05, 0.1) is 13.2 Å². The largest absolute Gasteiger partial charge is 0.389 e. The van der Waals surface area contributed by atoms with Crippen LogP contribution < -0.4 is 5.32 Å². The number of hydrogen-bond acceptors (Lipinski definition) is 5. The lowest BCUT2D eigenvalue weighted by atomic mass is 10.0.